The second-order valence-corrected chi connectivity index (χ2v) is 5.41. The number of carbonyl (C=O) groups excluding carboxylic acids is 1. The molecule has 0 saturated heterocycles. The summed E-state index contributed by atoms with van der Waals surface area (Å²) in [4.78, 5) is 11.8. The molecule has 0 atom stereocenters. The number of amides is 1. The van der Waals surface area contributed by atoms with Crippen LogP contribution in [0.2, 0.25) is 0 Å². The van der Waals surface area contributed by atoms with Gasteiger partial charge >= 0.3 is 0 Å². The molecule has 2 aromatic rings. The van der Waals surface area contributed by atoms with Crippen molar-refractivity contribution in [1.29, 1.82) is 0 Å². The second kappa shape index (κ2) is 9.88. The quantitative estimate of drug-likeness (QED) is 0.427. The highest BCUT2D eigenvalue weighted by Crippen LogP contribution is 2.27. The number of benzene rings is 2. The summed E-state index contributed by atoms with van der Waals surface area (Å²) in [6.07, 6.45) is 3.17. The number of hydrogen-bond donors (Lipinski definition) is 1. The summed E-state index contributed by atoms with van der Waals surface area (Å²) in [5, 5.41) is 3.92. The lowest BCUT2D eigenvalue weighted by Crippen LogP contribution is -2.24. The topological polar surface area (TPSA) is 69.2 Å². The van der Waals surface area contributed by atoms with Crippen LogP contribution < -0.4 is 19.6 Å². The first-order chi connectivity index (χ1) is 12.6. The molecular weight excluding hydrogens is 332 g/mol. The molecule has 6 heteroatoms. The molecule has 0 fully saturated rings. The average Bonchev–Trinajstić information content (AvgIpc) is 2.65. The summed E-state index contributed by atoms with van der Waals surface area (Å²) in [6.45, 7) is 5.84. The molecule has 0 aliphatic heterocycles. The molecule has 136 valence electrons. The Labute approximate surface area is 153 Å². The van der Waals surface area contributed by atoms with Crippen LogP contribution in [0, 0.1) is 6.92 Å². The fourth-order valence-electron chi connectivity index (χ4n) is 2.10. The van der Waals surface area contributed by atoms with Gasteiger partial charge in [0.05, 0.1) is 13.3 Å². The summed E-state index contributed by atoms with van der Waals surface area (Å²) >= 11 is 0. The minimum absolute atomic E-state index is 0.113. The number of aryl methyl sites for hydroxylation is 1. The zero-order valence-electron chi connectivity index (χ0n) is 14.9. The molecule has 0 saturated carbocycles. The first-order valence-electron chi connectivity index (χ1n) is 8.05. The molecule has 0 radical (unpaired) electrons. The van der Waals surface area contributed by atoms with E-state index in [1.165, 1.54) is 6.21 Å². The fourth-order valence-corrected chi connectivity index (χ4v) is 2.10. The summed E-state index contributed by atoms with van der Waals surface area (Å²) in [6, 6.07) is 12.8. The van der Waals surface area contributed by atoms with E-state index in [0.717, 1.165) is 11.1 Å². The van der Waals surface area contributed by atoms with Gasteiger partial charge in [-0.15, -0.1) is 0 Å². The van der Waals surface area contributed by atoms with E-state index in [1.54, 1.807) is 37.5 Å². The van der Waals surface area contributed by atoms with Gasteiger partial charge in [0.2, 0.25) is 0 Å². The molecule has 6 nitrogen and oxygen atoms in total. The van der Waals surface area contributed by atoms with Gasteiger partial charge in [-0.05, 0) is 48.4 Å². The number of rotatable bonds is 9. The highest BCUT2D eigenvalue weighted by atomic mass is 16.5. The van der Waals surface area contributed by atoms with E-state index >= 15 is 0 Å². The van der Waals surface area contributed by atoms with Crippen molar-refractivity contribution in [3.63, 3.8) is 0 Å². The van der Waals surface area contributed by atoms with Crippen LogP contribution in [0.4, 0.5) is 0 Å². The third kappa shape index (κ3) is 5.98. The van der Waals surface area contributed by atoms with Crippen LogP contribution in [-0.4, -0.2) is 32.4 Å². The smallest absolute Gasteiger partial charge is 0.277 e. The Kier molecular flexibility index (Phi) is 7.24. The van der Waals surface area contributed by atoms with E-state index < -0.39 is 0 Å². The van der Waals surface area contributed by atoms with E-state index in [9.17, 15) is 4.79 Å². The molecule has 0 aromatic heterocycles. The molecule has 26 heavy (non-hydrogen) atoms. The zero-order chi connectivity index (χ0) is 18.8. The highest BCUT2D eigenvalue weighted by Gasteiger charge is 2.05. The molecule has 0 heterocycles. The van der Waals surface area contributed by atoms with E-state index in [4.69, 9.17) is 14.2 Å². The number of nitrogens with zero attached hydrogens (tertiary/aromatic N) is 1. The number of ether oxygens (including phenoxy) is 3. The average molecular weight is 354 g/mol. The third-order valence-corrected chi connectivity index (χ3v) is 3.31. The van der Waals surface area contributed by atoms with Gasteiger partial charge in [-0.25, -0.2) is 5.43 Å². The Balaban J connectivity index is 1.86. The van der Waals surface area contributed by atoms with Crippen molar-refractivity contribution < 1.29 is 19.0 Å². The summed E-state index contributed by atoms with van der Waals surface area (Å²) in [7, 11) is 1.56. The van der Waals surface area contributed by atoms with E-state index in [0.29, 0.717) is 23.9 Å². The van der Waals surface area contributed by atoms with E-state index in [-0.39, 0.29) is 12.5 Å². The number of hydrogen-bond acceptors (Lipinski definition) is 5. The van der Waals surface area contributed by atoms with Crippen molar-refractivity contribution in [2.75, 3.05) is 20.3 Å². The minimum Gasteiger partial charge on any atom is -0.493 e. The highest BCUT2D eigenvalue weighted by molar-refractivity contribution is 5.83. The third-order valence-electron chi connectivity index (χ3n) is 3.31. The molecule has 0 spiro atoms. The lowest BCUT2D eigenvalue weighted by Gasteiger charge is -2.09. The van der Waals surface area contributed by atoms with Crippen LogP contribution in [0.1, 0.15) is 11.1 Å². The van der Waals surface area contributed by atoms with Crippen molar-refractivity contribution in [2.24, 2.45) is 5.10 Å². The molecule has 0 unspecified atom stereocenters. The Morgan fingerprint density at radius 2 is 2.04 bits per heavy atom. The first kappa shape index (κ1) is 19.1. The van der Waals surface area contributed by atoms with Gasteiger partial charge in [-0.3, -0.25) is 4.79 Å². The van der Waals surface area contributed by atoms with Crippen LogP contribution in [-0.2, 0) is 4.79 Å². The summed E-state index contributed by atoms with van der Waals surface area (Å²) in [5.41, 5.74) is 4.24. The normalized spacial score (nSPS) is 10.4. The molecule has 0 aliphatic carbocycles. The van der Waals surface area contributed by atoms with Crippen molar-refractivity contribution in [2.45, 2.75) is 6.92 Å². The van der Waals surface area contributed by atoms with Crippen LogP contribution >= 0.6 is 0 Å². The number of carbonyl (C=O) groups is 1. The molecule has 2 aromatic carbocycles. The zero-order valence-corrected chi connectivity index (χ0v) is 14.9. The van der Waals surface area contributed by atoms with E-state index in [2.05, 4.69) is 17.1 Å². The number of methoxy groups -OCH3 is 1. The monoisotopic (exact) mass is 354 g/mol. The molecule has 0 aliphatic rings. The van der Waals surface area contributed by atoms with Gasteiger partial charge < -0.3 is 14.2 Å². The van der Waals surface area contributed by atoms with Gasteiger partial charge in [-0.1, -0.05) is 24.8 Å². The maximum Gasteiger partial charge on any atom is 0.277 e. The Hall–Kier alpha value is -3.28. The SMILES string of the molecule is C=CCOc1ccc(/C=N/NC(=O)COc2cccc(C)c2)cc1OC. The van der Waals surface area contributed by atoms with Gasteiger partial charge in [0.25, 0.3) is 5.91 Å². The van der Waals surface area contributed by atoms with Crippen LogP contribution in [0.25, 0.3) is 0 Å². The Morgan fingerprint density at radius 1 is 1.19 bits per heavy atom. The molecule has 2 rings (SSSR count). The molecular formula is C20H22N2O4. The lowest BCUT2D eigenvalue weighted by atomic mass is 10.2. The molecule has 1 amide bonds. The second-order valence-electron chi connectivity index (χ2n) is 5.41. The lowest BCUT2D eigenvalue weighted by molar-refractivity contribution is -0.123. The van der Waals surface area contributed by atoms with E-state index in [1.807, 2.05) is 25.1 Å². The standard InChI is InChI=1S/C20H22N2O4/c1-4-10-25-18-9-8-16(12-19(18)24-3)13-21-22-20(23)14-26-17-7-5-6-15(2)11-17/h4-9,11-13H,1,10,14H2,2-3H3,(H,22,23)/b21-13+. The van der Waals surface area contributed by atoms with Gasteiger partial charge in [0, 0.05) is 0 Å². The summed E-state index contributed by atoms with van der Waals surface area (Å²) < 4.78 is 16.2. The molecule has 0 bridgehead atoms. The maximum atomic E-state index is 11.8. The fraction of sp³-hybridized carbons (Fsp3) is 0.200. The van der Waals surface area contributed by atoms with Gasteiger partial charge in [-0.2, -0.15) is 5.10 Å². The number of nitrogens with one attached hydrogen (secondary N) is 1. The maximum absolute atomic E-state index is 11.8. The van der Waals surface area contributed by atoms with Crippen molar-refractivity contribution in [3.05, 3.63) is 66.2 Å². The Morgan fingerprint density at radius 3 is 2.77 bits per heavy atom. The van der Waals surface area contributed by atoms with Crippen molar-refractivity contribution >= 4 is 12.1 Å². The van der Waals surface area contributed by atoms with Crippen LogP contribution in [0.15, 0.2) is 60.2 Å². The predicted octanol–water partition coefficient (Wildman–Crippen LogP) is 3.10. The van der Waals surface area contributed by atoms with Crippen molar-refractivity contribution in [1.82, 2.24) is 5.43 Å². The first-order valence-corrected chi connectivity index (χ1v) is 8.05. The largest absolute Gasteiger partial charge is 0.493 e. The van der Waals surface area contributed by atoms with Gasteiger partial charge in [0.15, 0.2) is 18.1 Å². The Bertz CT molecular complexity index is 787. The summed E-state index contributed by atoms with van der Waals surface area (Å²) in [5.74, 6) is 1.48. The number of hydrazone groups is 1. The van der Waals surface area contributed by atoms with Crippen LogP contribution in [0.5, 0.6) is 17.2 Å². The molecule has 1 N–H and O–H groups in total. The van der Waals surface area contributed by atoms with Gasteiger partial charge in [0.1, 0.15) is 12.4 Å². The minimum atomic E-state index is -0.347. The van der Waals surface area contributed by atoms with Crippen LogP contribution in [0.3, 0.4) is 0 Å². The predicted molar refractivity (Wildman–Crippen MR) is 101 cm³/mol. The van der Waals surface area contributed by atoms with Crippen molar-refractivity contribution in [3.8, 4) is 17.2 Å².